The number of nitrogens with zero attached hydrogens (tertiary/aromatic N) is 4. The molecule has 10 nitrogen and oxygen atoms in total. The normalized spacial score (nSPS) is 20.7. The summed E-state index contributed by atoms with van der Waals surface area (Å²) in [6.07, 6.45) is 1.92. The first-order valence-electron chi connectivity index (χ1n) is 11.2. The summed E-state index contributed by atoms with van der Waals surface area (Å²) >= 11 is 0. The Hall–Kier alpha value is -3.05. The number of hydrogen-bond donors (Lipinski definition) is 3. The van der Waals surface area contributed by atoms with E-state index in [4.69, 9.17) is 9.47 Å². The van der Waals surface area contributed by atoms with Crippen LogP contribution in [0.1, 0.15) is 49.5 Å². The first kappa shape index (κ1) is 24.1. The highest BCUT2D eigenvalue weighted by molar-refractivity contribution is 5.58. The van der Waals surface area contributed by atoms with E-state index in [1.807, 2.05) is 24.3 Å². The van der Waals surface area contributed by atoms with Crippen LogP contribution in [0, 0.1) is 5.21 Å². The van der Waals surface area contributed by atoms with E-state index in [1.54, 1.807) is 13.2 Å². The summed E-state index contributed by atoms with van der Waals surface area (Å²) < 4.78 is 10.8. The fourth-order valence-electron chi connectivity index (χ4n) is 4.16. The van der Waals surface area contributed by atoms with Gasteiger partial charge >= 0.3 is 0 Å². The number of phenols is 1. The summed E-state index contributed by atoms with van der Waals surface area (Å²) in [4.78, 5) is 4.56. The molecule has 10 heteroatoms. The Morgan fingerprint density at radius 1 is 1.26 bits per heavy atom. The van der Waals surface area contributed by atoms with Crippen molar-refractivity contribution in [3.05, 3.63) is 58.3 Å². The van der Waals surface area contributed by atoms with E-state index in [0.29, 0.717) is 34.8 Å². The van der Waals surface area contributed by atoms with Crippen molar-refractivity contribution < 1.29 is 19.7 Å². The second-order valence-electron chi connectivity index (χ2n) is 9.18. The maximum atomic E-state index is 11.6. The third-order valence-electron chi connectivity index (χ3n) is 6.28. The van der Waals surface area contributed by atoms with E-state index in [9.17, 15) is 15.4 Å². The van der Waals surface area contributed by atoms with Gasteiger partial charge in [0.15, 0.2) is 5.66 Å². The Balaban J connectivity index is 1.41. The summed E-state index contributed by atoms with van der Waals surface area (Å²) in [5.74, 6) is 1.12. The second-order valence-corrected chi connectivity index (χ2v) is 9.18. The van der Waals surface area contributed by atoms with Gasteiger partial charge in [0.05, 0.1) is 13.2 Å². The molecule has 2 aliphatic heterocycles. The van der Waals surface area contributed by atoms with Crippen LogP contribution in [0.3, 0.4) is 0 Å². The minimum Gasteiger partial charge on any atom is -0.783 e. The van der Waals surface area contributed by atoms with E-state index in [-0.39, 0.29) is 31.1 Å². The zero-order valence-corrected chi connectivity index (χ0v) is 19.6. The first-order valence-corrected chi connectivity index (χ1v) is 11.2. The molecular weight excluding hydrogens is 438 g/mol. The number of hydrogen-bond acceptors (Lipinski definition) is 10. The highest BCUT2D eigenvalue weighted by Gasteiger charge is 2.36. The van der Waals surface area contributed by atoms with Crippen LogP contribution in [0.4, 0.5) is 0 Å². The highest BCUT2D eigenvalue weighted by Crippen LogP contribution is 2.39. The Morgan fingerprint density at radius 2 is 2.03 bits per heavy atom. The van der Waals surface area contributed by atoms with Gasteiger partial charge in [-0.1, -0.05) is 12.1 Å². The van der Waals surface area contributed by atoms with Gasteiger partial charge in [-0.3, -0.25) is 0 Å². The highest BCUT2D eigenvalue weighted by atomic mass is 16.6. The summed E-state index contributed by atoms with van der Waals surface area (Å²) in [6.45, 7) is 4.24. The third-order valence-corrected chi connectivity index (χ3v) is 6.28. The lowest BCUT2D eigenvalue weighted by atomic mass is 9.88. The van der Waals surface area contributed by atoms with Gasteiger partial charge in [0.2, 0.25) is 0 Å². The van der Waals surface area contributed by atoms with Gasteiger partial charge in [0, 0.05) is 41.7 Å². The SMILES string of the molecule is COc1ccc(C2(CCC(C)(C)NCC(O)c3ccc(O)c4c3OCN([O-])C4)N=CN=N2)cc1. The van der Waals surface area contributed by atoms with Gasteiger partial charge in [0.1, 0.15) is 30.3 Å². The van der Waals surface area contributed by atoms with E-state index in [1.165, 1.54) is 12.4 Å². The molecule has 34 heavy (non-hydrogen) atoms. The maximum absolute atomic E-state index is 11.6. The molecule has 0 amide bonds. The number of aromatic hydroxyl groups is 1. The number of methoxy groups -OCH3 is 1. The van der Waals surface area contributed by atoms with Crippen LogP contribution in [-0.2, 0) is 12.2 Å². The van der Waals surface area contributed by atoms with Crippen molar-refractivity contribution in [3.8, 4) is 17.2 Å². The average molecular weight is 469 g/mol. The standard InChI is InChI=1S/C24H30N5O5/c1-23(2,10-11-24(26-14-27-28-24)16-4-6-17(33-3)7-5-16)25-12-21(31)18-8-9-20(30)19-13-29(32)15-34-22(18)19/h4-9,14,21,25,30-31H,10-13,15H2,1-3H3/q-1. The molecule has 2 aromatic carbocycles. The molecule has 0 aromatic heterocycles. The largest absolute Gasteiger partial charge is 0.783 e. The van der Waals surface area contributed by atoms with Gasteiger partial charge in [-0.2, -0.15) is 5.11 Å². The van der Waals surface area contributed by atoms with Crippen molar-refractivity contribution in [3.63, 3.8) is 0 Å². The van der Waals surface area contributed by atoms with E-state index in [0.717, 1.165) is 11.3 Å². The Labute approximate surface area is 198 Å². The zero-order chi connectivity index (χ0) is 24.3. The molecular formula is C24H30N5O5-. The van der Waals surface area contributed by atoms with Gasteiger partial charge in [-0.25, -0.2) is 4.99 Å². The minimum absolute atomic E-state index is 0.0170. The Bertz CT molecular complexity index is 1060. The van der Waals surface area contributed by atoms with Crippen molar-refractivity contribution in [1.29, 1.82) is 0 Å². The molecule has 0 spiro atoms. The summed E-state index contributed by atoms with van der Waals surface area (Å²) in [6, 6.07) is 10.8. The number of nitrogens with one attached hydrogen (secondary N) is 1. The second kappa shape index (κ2) is 9.67. The lowest BCUT2D eigenvalue weighted by Crippen LogP contribution is -2.42. The number of β-amino-alcohol motifs (C(OH)–C–C–N with tert-alkyl or cyclic N) is 1. The predicted molar refractivity (Wildman–Crippen MR) is 127 cm³/mol. The van der Waals surface area contributed by atoms with E-state index in [2.05, 4.69) is 34.4 Å². The zero-order valence-electron chi connectivity index (χ0n) is 19.6. The van der Waals surface area contributed by atoms with E-state index < -0.39 is 11.8 Å². The van der Waals surface area contributed by atoms with Crippen LogP contribution in [0.15, 0.2) is 51.6 Å². The molecule has 0 saturated heterocycles. The number of aliphatic hydroxyl groups is 1. The van der Waals surface area contributed by atoms with Crippen LogP contribution >= 0.6 is 0 Å². The molecule has 0 aliphatic carbocycles. The molecule has 2 unspecified atom stereocenters. The lowest BCUT2D eigenvalue weighted by Gasteiger charge is -2.35. The molecule has 182 valence electrons. The van der Waals surface area contributed by atoms with Crippen LogP contribution in [0.2, 0.25) is 0 Å². The average Bonchev–Trinajstić information content (AvgIpc) is 3.32. The number of ether oxygens (including phenoxy) is 2. The molecule has 2 atom stereocenters. The van der Waals surface area contributed by atoms with Crippen molar-refractivity contribution in [2.45, 2.75) is 50.5 Å². The monoisotopic (exact) mass is 468 g/mol. The number of benzene rings is 2. The van der Waals surface area contributed by atoms with Gasteiger partial charge in [-0.15, -0.1) is 5.11 Å². The number of aliphatic hydroxyl groups excluding tert-OH is 1. The number of phenolic OH excluding ortho intramolecular Hbond substituents is 1. The van der Waals surface area contributed by atoms with E-state index >= 15 is 0 Å². The Morgan fingerprint density at radius 3 is 2.71 bits per heavy atom. The molecule has 0 fully saturated rings. The molecule has 0 saturated carbocycles. The van der Waals surface area contributed by atoms with Crippen LogP contribution in [0.5, 0.6) is 17.2 Å². The molecule has 0 radical (unpaired) electrons. The fraction of sp³-hybridized carbons (Fsp3) is 0.458. The molecule has 2 heterocycles. The Kier molecular flexibility index (Phi) is 6.85. The van der Waals surface area contributed by atoms with Gasteiger partial charge < -0.3 is 35.3 Å². The van der Waals surface area contributed by atoms with Crippen molar-refractivity contribution in [1.82, 2.24) is 10.4 Å². The molecule has 2 aliphatic rings. The maximum Gasteiger partial charge on any atom is 0.198 e. The molecule has 3 N–H and O–H groups in total. The smallest absolute Gasteiger partial charge is 0.198 e. The van der Waals surface area contributed by atoms with Crippen LogP contribution < -0.4 is 14.8 Å². The van der Waals surface area contributed by atoms with Crippen molar-refractivity contribution >= 4 is 6.34 Å². The number of azo groups is 1. The lowest BCUT2D eigenvalue weighted by molar-refractivity contribution is 0.120. The third kappa shape index (κ3) is 5.05. The molecule has 2 aromatic rings. The van der Waals surface area contributed by atoms with Crippen molar-refractivity contribution in [2.24, 2.45) is 15.2 Å². The quantitative estimate of drug-likeness (QED) is 0.512. The number of fused-ring (bicyclic) bond motifs is 1. The molecule has 0 bridgehead atoms. The molecule has 4 rings (SSSR count). The van der Waals surface area contributed by atoms with Crippen LogP contribution in [-0.4, -0.2) is 47.5 Å². The topological polar surface area (TPSA) is 134 Å². The first-order chi connectivity index (χ1) is 16.2. The summed E-state index contributed by atoms with van der Waals surface area (Å²) in [5.41, 5.74) is 0.730. The predicted octanol–water partition coefficient (Wildman–Crippen LogP) is 3.58. The fourth-order valence-corrected chi connectivity index (χ4v) is 4.16. The van der Waals surface area contributed by atoms with Gasteiger partial charge in [-0.05, 0) is 44.5 Å². The van der Waals surface area contributed by atoms with Crippen LogP contribution in [0.25, 0.3) is 0 Å². The number of rotatable bonds is 9. The summed E-state index contributed by atoms with van der Waals surface area (Å²) in [5, 5.41) is 45.1. The number of hydroxylamine groups is 2. The minimum atomic E-state index is -0.883. The van der Waals surface area contributed by atoms with Gasteiger partial charge in [0.25, 0.3) is 0 Å². The summed E-state index contributed by atoms with van der Waals surface area (Å²) in [7, 11) is 1.62. The van der Waals surface area contributed by atoms with Crippen molar-refractivity contribution in [2.75, 3.05) is 20.4 Å². The number of aliphatic imine (C=N–C) groups is 1.